The SMILES string of the molecule is Cc1sccc1C(O)C1CSCCS1. The Kier molecular flexibility index (Phi) is 3.82. The van der Waals surface area contributed by atoms with Crippen molar-refractivity contribution in [2.75, 3.05) is 17.3 Å². The molecule has 1 fully saturated rings. The van der Waals surface area contributed by atoms with Crippen molar-refractivity contribution in [2.24, 2.45) is 0 Å². The van der Waals surface area contributed by atoms with E-state index in [1.807, 2.05) is 23.5 Å². The van der Waals surface area contributed by atoms with E-state index in [9.17, 15) is 5.11 Å². The zero-order valence-corrected chi connectivity index (χ0v) is 10.6. The van der Waals surface area contributed by atoms with E-state index in [1.165, 1.54) is 16.4 Å². The molecule has 1 saturated heterocycles. The zero-order chi connectivity index (χ0) is 9.97. The maximum atomic E-state index is 10.2. The Morgan fingerprint density at radius 2 is 2.36 bits per heavy atom. The molecule has 1 nitrogen and oxygen atoms in total. The molecule has 0 amide bonds. The van der Waals surface area contributed by atoms with Gasteiger partial charge in [-0.3, -0.25) is 0 Å². The maximum Gasteiger partial charge on any atom is 0.0927 e. The van der Waals surface area contributed by atoms with Crippen molar-refractivity contribution in [2.45, 2.75) is 18.3 Å². The average molecular weight is 246 g/mol. The van der Waals surface area contributed by atoms with Gasteiger partial charge >= 0.3 is 0 Å². The van der Waals surface area contributed by atoms with Gasteiger partial charge in [-0.25, -0.2) is 0 Å². The largest absolute Gasteiger partial charge is 0.387 e. The monoisotopic (exact) mass is 246 g/mol. The first-order chi connectivity index (χ1) is 6.79. The first kappa shape index (κ1) is 10.9. The van der Waals surface area contributed by atoms with E-state index >= 15 is 0 Å². The standard InChI is InChI=1S/C10H14OS3/c1-7-8(2-3-13-7)10(11)9-6-12-4-5-14-9/h2-3,9-11H,4-6H2,1H3. The zero-order valence-electron chi connectivity index (χ0n) is 8.10. The molecule has 0 saturated carbocycles. The summed E-state index contributed by atoms with van der Waals surface area (Å²) >= 11 is 5.59. The third-order valence-electron chi connectivity index (χ3n) is 2.41. The van der Waals surface area contributed by atoms with Crippen LogP contribution in [0.15, 0.2) is 11.4 Å². The minimum absolute atomic E-state index is 0.265. The molecule has 2 unspecified atom stereocenters. The second-order valence-corrected chi connectivity index (χ2v) is 6.98. The van der Waals surface area contributed by atoms with Crippen molar-refractivity contribution in [3.63, 3.8) is 0 Å². The van der Waals surface area contributed by atoms with Crippen molar-refractivity contribution < 1.29 is 5.11 Å². The van der Waals surface area contributed by atoms with Gasteiger partial charge in [-0.05, 0) is 23.9 Å². The Morgan fingerprint density at radius 1 is 1.50 bits per heavy atom. The molecule has 1 aromatic rings. The molecule has 4 heteroatoms. The molecule has 2 atom stereocenters. The van der Waals surface area contributed by atoms with E-state index in [1.54, 1.807) is 11.3 Å². The number of thiophene rings is 1. The van der Waals surface area contributed by atoms with Gasteiger partial charge in [0.05, 0.1) is 6.10 Å². The Labute approximate surface area is 97.3 Å². The fraction of sp³-hybridized carbons (Fsp3) is 0.600. The molecule has 1 N–H and O–H groups in total. The third-order valence-corrected chi connectivity index (χ3v) is 6.12. The predicted molar refractivity (Wildman–Crippen MR) is 67.6 cm³/mol. The van der Waals surface area contributed by atoms with Crippen LogP contribution in [-0.2, 0) is 0 Å². The molecule has 0 radical (unpaired) electrons. The first-order valence-electron chi connectivity index (χ1n) is 4.70. The Balaban J connectivity index is 2.07. The van der Waals surface area contributed by atoms with Crippen LogP contribution in [0.25, 0.3) is 0 Å². The highest BCUT2D eigenvalue weighted by molar-refractivity contribution is 8.06. The normalized spacial score (nSPS) is 24.9. The van der Waals surface area contributed by atoms with Gasteiger partial charge in [0.15, 0.2) is 0 Å². The van der Waals surface area contributed by atoms with Crippen molar-refractivity contribution in [1.82, 2.24) is 0 Å². The molecule has 0 aliphatic carbocycles. The summed E-state index contributed by atoms with van der Waals surface area (Å²) in [5.74, 6) is 3.49. The maximum absolute atomic E-state index is 10.2. The smallest absolute Gasteiger partial charge is 0.0927 e. The van der Waals surface area contributed by atoms with Crippen LogP contribution in [0.1, 0.15) is 16.5 Å². The molecule has 1 aromatic heterocycles. The molecular weight excluding hydrogens is 232 g/mol. The van der Waals surface area contributed by atoms with E-state index < -0.39 is 0 Å². The highest BCUT2D eigenvalue weighted by atomic mass is 32.2. The van der Waals surface area contributed by atoms with Crippen molar-refractivity contribution in [3.05, 3.63) is 21.9 Å². The van der Waals surface area contributed by atoms with Gasteiger partial charge in [-0.1, -0.05) is 0 Å². The summed E-state index contributed by atoms with van der Waals surface area (Å²) in [5.41, 5.74) is 1.13. The number of aliphatic hydroxyl groups excluding tert-OH is 1. The minimum Gasteiger partial charge on any atom is -0.387 e. The van der Waals surface area contributed by atoms with Gasteiger partial charge < -0.3 is 5.11 Å². The molecule has 14 heavy (non-hydrogen) atoms. The number of aryl methyl sites for hydroxylation is 1. The lowest BCUT2D eigenvalue weighted by Gasteiger charge is -2.25. The lowest BCUT2D eigenvalue weighted by molar-refractivity contribution is 0.180. The first-order valence-corrected chi connectivity index (χ1v) is 7.79. The molecule has 2 heterocycles. The van der Waals surface area contributed by atoms with Crippen molar-refractivity contribution >= 4 is 34.9 Å². The Bertz CT molecular complexity index is 291. The van der Waals surface area contributed by atoms with Crippen LogP contribution in [0.2, 0.25) is 0 Å². The average Bonchev–Trinajstić information content (AvgIpc) is 2.65. The molecular formula is C10H14OS3. The summed E-state index contributed by atoms with van der Waals surface area (Å²) in [4.78, 5) is 1.26. The summed E-state index contributed by atoms with van der Waals surface area (Å²) in [5, 5.41) is 12.6. The van der Waals surface area contributed by atoms with E-state index in [0.29, 0.717) is 5.25 Å². The topological polar surface area (TPSA) is 20.2 Å². The Morgan fingerprint density at radius 3 is 2.93 bits per heavy atom. The molecule has 2 rings (SSSR count). The molecule has 78 valence electrons. The number of hydrogen-bond acceptors (Lipinski definition) is 4. The van der Waals surface area contributed by atoms with Crippen LogP contribution in [0, 0.1) is 6.92 Å². The van der Waals surface area contributed by atoms with Crippen LogP contribution in [0.3, 0.4) is 0 Å². The highest BCUT2D eigenvalue weighted by Crippen LogP contribution is 2.35. The Hall–Kier alpha value is 0.360. The fourth-order valence-corrected chi connectivity index (χ4v) is 5.08. The molecule has 1 aliphatic rings. The summed E-state index contributed by atoms with van der Waals surface area (Å²) in [6.07, 6.45) is -0.265. The molecule has 0 bridgehead atoms. The highest BCUT2D eigenvalue weighted by Gasteiger charge is 2.25. The summed E-state index contributed by atoms with van der Waals surface area (Å²) in [6.45, 7) is 2.09. The van der Waals surface area contributed by atoms with Crippen LogP contribution in [-0.4, -0.2) is 27.6 Å². The quantitative estimate of drug-likeness (QED) is 0.866. The van der Waals surface area contributed by atoms with Crippen LogP contribution in [0.5, 0.6) is 0 Å². The van der Waals surface area contributed by atoms with Crippen LogP contribution >= 0.6 is 34.9 Å². The van der Waals surface area contributed by atoms with Crippen molar-refractivity contribution in [1.29, 1.82) is 0 Å². The second-order valence-electron chi connectivity index (χ2n) is 3.36. The van der Waals surface area contributed by atoms with E-state index in [4.69, 9.17) is 0 Å². The fourth-order valence-electron chi connectivity index (χ4n) is 1.59. The van der Waals surface area contributed by atoms with Gasteiger partial charge in [0.1, 0.15) is 0 Å². The van der Waals surface area contributed by atoms with Crippen LogP contribution in [0.4, 0.5) is 0 Å². The predicted octanol–water partition coefficient (Wildman–Crippen LogP) is 2.94. The van der Waals surface area contributed by atoms with E-state index in [-0.39, 0.29) is 6.10 Å². The third kappa shape index (κ3) is 2.30. The summed E-state index contributed by atoms with van der Waals surface area (Å²) < 4.78 is 0. The molecule has 1 aliphatic heterocycles. The molecule has 0 spiro atoms. The number of rotatable bonds is 2. The number of aliphatic hydroxyl groups is 1. The number of hydrogen-bond donors (Lipinski definition) is 1. The van der Waals surface area contributed by atoms with Gasteiger partial charge in [-0.15, -0.1) is 11.3 Å². The van der Waals surface area contributed by atoms with Gasteiger partial charge in [-0.2, -0.15) is 23.5 Å². The second kappa shape index (κ2) is 4.92. The van der Waals surface area contributed by atoms with Gasteiger partial charge in [0.2, 0.25) is 0 Å². The number of thioether (sulfide) groups is 2. The lowest BCUT2D eigenvalue weighted by Crippen LogP contribution is -2.22. The van der Waals surface area contributed by atoms with Crippen molar-refractivity contribution in [3.8, 4) is 0 Å². The minimum atomic E-state index is -0.265. The van der Waals surface area contributed by atoms with Gasteiger partial charge in [0, 0.05) is 27.4 Å². The summed E-state index contributed by atoms with van der Waals surface area (Å²) in [6, 6.07) is 2.06. The van der Waals surface area contributed by atoms with Gasteiger partial charge in [0.25, 0.3) is 0 Å². The lowest BCUT2D eigenvalue weighted by atomic mass is 10.1. The summed E-state index contributed by atoms with van der Waals surface area (Å²) in [7, 11) is 0. The van der Waals surface area contributed by atoms with E-state index in [2.05, 4.69) is 18.4 Å². The van der Waals surface area contributed by atoms with E-state index in [0.717, 1.165) is 11.3 Å². The van der Waals surface area contributed by atoms with Crippen LogP contribution < -0.4 is 0 Å². The molecule has 0 aromatic carbocycles.